The van der Waals surface area contributed by atoms with Crippen molar-refractivity contribution in [2.24, 2.45) is 5.92 Å². The van der Waals surface area contributed by atoms with E-state index in [4.69, 9.17) is 0 Å². The largest absolute Gasteiger partial charge is 0.352 e. The lowest BCUT2D eigenvalue weighted by atomic mass is 10.1. The maximum atomic E-state index is 12.3. The van der Waals surface area contributed by atoms with Crippen LogP contribution in [0.3, 0.4) is 0 Å². The van der Waals surface area contributed by atoms with Crippen LogP contribution in [-0.4, -0.2) is 27.2 Å². The summed E-state index contributed by atoms with van der Waals surface area (Å²) in [5.74, 6) is 0.369. The normalized spacial score (nSPS) is 11.6. The summed E-state index contributed by atoms with van der Waals surface area (Å²) in [7, 11) is 0. The predicted molar refractivity (Wildman–Crippen MR) is 79.8 cm³/mol. The third-order valence-corrected chi connectivity index (χ3v) is 3.10. The van der Waals surface area contributed by atoms with Crippen LogP contribution in [0.1, 0.15) is 49.8 Å². The Labute approximate surface area is 119 Å². The van der Waals surface area contributed by atoms with E-state index in [0.29, 0.717) is 18.0 Å². The zero-order valence-corrected chi connectivity index (χ0v) is 12.8. The van der Waals surface area contributed by atoms with Crippen molar-refractivity contribution in [3.05, 3.63) is 23.5 Å². The van der Waals surface area contributed by atoms with Crippen LogP contribution in [0.5, 0.6) is 0 Å². The molecule has 0 aliphatic carbocycles. The van der Waals surface area contributed by atoms with Crippen LogP contribution < -0.4 is 5.32 Å². The molecule has 0 aromatic carbocycles. The van der Waals surface area contributed by atoms with Gasteiger partial charge < -0.3 is 5.32 Å². The van der Waals surface area contributed by atoms with Crippen LogP contribution in [0.2, 0.25) is 0 Å². The van der Waals surface area contributed by atoms with E-state index in [-0.39, 0.29) is 11.9 Å². The van der Waals surface area contributed by atoms with Crippen molar-refractivity contribution in [1.29, 1.82) is 0 Å². The average molecular weight is 274 g/mol. The first-order valence-corrected chi connectivity index (χ1v) is 7.03. The number of carbonyl (C=O) groups excluding carboxylic acids is 1. The summed E-state index contributed by atoms with van der Waals surface area (Å²) >= 11 is 0. The molecule has 2 heterocycles. The van der Waals surface area contributed by atoms with Gasteiger partial charge >= 0.3 is 0 Å². The van der Waals surface area contributed by atoms with Crippen molar-refractivity contribution in [3.8, 4) is 0 Å². The fraction of sp³-hybridized carbons (Fsp3) is 0.533. The fourth-order valence-electron chi connectivity index (χ4n) is 2.10. The van der Waals surface area contributed by atoms with Gasteiger partial charge in [0.1, 0.15) is 0 Å². The molecule has 1 amide bonds. The standard InChI is InChI=1S/C15H22N4O/c1-9(2)7-16-15(20)12-6-11(5)18-14-13(12)8-17-19(14)10(3)4/h6,8-10H,7H2,1-5H3,(H,16,20). The van der Waals surface area contributed by atoms with Gasteiger partial charge in [-0.1, -0.05) is 13.8 Å². The van der Waals surface area contributed by atoms with Gasteiger partial charge in [-0.15, -0.1) is 0 Å². The van der Waals surface area contributed by atoms with E-state index in [0.717, 1.165) is 16.7 Å². The first-order chi connectivity index (χ1) is 9.40. The molecule has 0 atom stereocenters. The van der Waals surface area contributed by atoms with Crippen molar-refractivity contribution in [2.75, 3.05) is 6.54 Å². The van der Waals surface area contributed by atoms with E-state index in [1.165, 1.54) is 0 Å². The molecule has 2 aromatic heterocycles. The lowest BCUT2D eigenvalue weighted by Gasteiger charge is -2.10. The number of hydrogen-bond acceptors (Lipinski definition) is 3. The van der Waals surface area contributed by atoms with Gasteiger partial charge in [-0.3, -0.25) is 4.79 Å². The van der Waals surface area contributed by atoms with Crippen molar-refractivity contribution in [3.63, 3.8) is 0 Å². The number of pyridine rings is 1. The number of nitrogens with zero attached hydrogens (tertiary/aromatic N) is 3. The number of aromatic nitrogens is 3. The highest BCUT2D eigenvalue weighted by molar-refractivity contribution is 6.05. The van der Waals surface area contributed by atoms with Crippen molar-refractivity contribution in [2.45, 2.75) is 40.7 Å². The molecule has 0 aliphatic rings. The topological polar surface area (TPSA) is 59.8 Å². The van der Waals surface area contributed by atoms with Crippen LogP contribution in [0.25, 0.3) is 11.0 Å². The molecule has 2 aromatic rings. The van der Waals surface area contributed by atoms with Crippen LogP contribution in [0, 0.1) is 12.8 Å². The number of aryl methyl sites for hydroxylation is 1. The van der Waals surface area contributed by atoms with Gasteiger partial charge in [-0.05, 0) is 32.8 Å². The second kappa shape index (κ2) is 5.61. The number of nitrogens with one attached hydrogen (secondary N) is 1. The number of hydrogen-bond donors (Lipinski definition) is 1. The molecule has 0 fully saturated rings. The Morgan fingerprint density at radius 3 is 2.65 bits per heavy atom. The smallest absolute Gasteiger partial charge is 0.252 e. The number of fused-ring (bicyclic) bond motifs is 1. The maximum absolute atomic E-state index is 12.3. The van der Waals surface area contributed by atoms with Gasteiger partial charge in [0.2, 0.25) is 0 Å². The minimum Gasteiger partial charge on any atom is -0.352 e. The molecule has 108 valence electrons. The van der Waals surface area contributed by atoms with E-state index in [1.807, 2.05) is 17.7 Å². The molecule has 5 nitrogen and oxygen atoms in total. The van der Waals surface area contributed by atoms with E-state index < -0.39 is 0 Å². The fourth-order valence-corrected chi connectivity index (χ4v) is 2.10. The van der Waals surface area contributed by atoms with Gasteiger partial charge in [0.25, 0.3) is 5.91 Å². The molecule has 0 radical (unpaired) electrons. The third kappa shape index (κ3) is 2.81. The minimum absolute atomic E-state index is 0.0579. The van der Waals surface area contributed by atoms with E-state index in [1.54, 1.807) is 6.20 Å². The Morgan fingerprint density at radius 2 is 2.05 bits per heavy atom. The molecule has 1 N–H and O–H groups in total. The summed E-state index contributed by atoms with van der Waals surface area (Å²) in [6, 6.07) is 2.04. The first kappa shape index (κ1) is 14.5. The van der Waals surface area contributed by atoms with Crippen molar-refractivity contribution in [1.82, 2.24) is 20.1 Å². The Hall–Kier alpha value is -1.91. The highest BCUT2D eigenvalue weighted by Crippen LogP contribution is 2.20. The predicted octanol–water partition coefficient (Wildman–Crippen LogP) is 2.71. The minimum atomic E-state index is -0.0579. The summed E-state index contributed by atoms with van der Waals surface area (Å²) in [4.78, 5) is 16.8. The average Bonchev–Trinajstić information content (AvgIpc) is 2.78. The third-order valence-electron chi connectivity index (χ3n) is 3.10. The van der Waals surface area contributed by atoms with Crippen LogP contribution in [0.4, 0.5) is 0 Å². The molecule has 0 unspecified atom stereocenters. The van der Waals surface area contributed by atoms with Gasteiger partial charge in [0.05, 0.1) is 17.1 Å². The Kier molecular flexibility index (Phi) is 4.06. The van der Waals surface area contributed by atoms with Crippen molar-refractivity contribution < 1.29 is 4.79 Å². The molecule has 0 aliphatic heterocycles. The monoisotopic (exact) mass is 274 g/mol. The number of rotatable bonds is 4. The zero-order valence-electron chi connectivity index (χ0n) is 12.8. The summed E-state index contributed by atoms with van der Waals surface area (Å²) in [6.07, 6.45) is 1.73. The van der Waals surface area contributed by atoms with Gasteiger partial charge in [0, 0.05) is 18.3 Å². The molecular formula is C15H22N4O. The van der Waals surface area contributed by atoms with E-state index in [9.17, 15) is 4.79 Å². The SMILES string of the molecule is Cc1cc(C(=O)NCC(C)C)c2cnn(C(C)C)c2n1. The van der Waals surface area contributed by atoms with Gasteiger partial charge in [0.15, 0.2) is 5.65 Å². The number of amides is 1. The quantitative estimate of drug-likeness (QED) is 0.932. The van der Waals surface area contributed by atoms with Crippen LogP contribution >= 0.6 is 0 Å². The highest BCUT2D eigenvalue weighted by Gasteiger charge is 2.16. The van der Waals surface area contributed by atoms with Gasteiger partial charge in [-0.25, -0.2) is 9.67 Å². The first-order valence-electron chi connectivity index (χ1n) is 7.03. The summed E-state index contributed by atoms with van der Waals surface area (Å²) in [5, 5.41) is 8.11. The molecule has 2 rings (SSSR count). The highest BCUT2D eigenvalue weighted by atomic mass is 16.1. The summed E-state index contributed by atoms with van der Waals surface area (Å²) in [6.45, 7) is 10.8. The van der Waals surface area contributed by atoms with E-state index >= 15 is 0 Å². The molecule has 0 spiro atoms. The van der Waals surface area contributed by atoms with Gasteiger partial charge in [-0.2, -0.15) is 5.10 Å². The summed E-state index contributed by atoms with van der Waals surface area (Å²) in [5.41, 5.74) is 2.25. The molecule has 5 heteroatoms. The Balaban J connectivity index is 2.45. The molecule has 0 saturated carbocycles. The molecule has 0 bridgehead atoms. The van der Waals surface area contributed by atoms with Crippen molar-refractivity contribution >= 4 is 16.9 Å². The molecule has 0 saturated heterocycles. The Morgan fingerprint density at radius 1 is 1.35 bits per heavy atom. The summed E-state index contributed by atoms with van der Waals surface area (Å²) < 4.78 is 1.85. The maximum Gasteiger partial charge on any atom is 0.252 e. The second-order valence-corrected chi connectivity index (χ2v) is 5.84. The molecule has 20 heavy (non-hydrogen) atoms. The lowest BCUT2D eigenvalue weighted by molar-refractivity contribution is 0.0950. The van der Waals surface area contributed by atoms with Crippen LogP contribution in [0.15, 0.2) is 12.3 Å². The molecular weight excluding hydrogens is 252 g/mol. The Bertz CT molecular complexity index is 628. The second-order valence-electron chi connectivity index (χ2n) is 5.84. The number of carbonyl (C=O) groups is 1. The van der Waals surface area contributed by atoms with Crippen LogP contribution in [-0.2, 0) is 0 Å². The zero-order chi connectivity index (χ0) is 14.9. The lowest BCUT2D eigenvalue weighted by Crippen LogP contribution is -2.27. The van der Waals surface area contributed by atoms with E-state index in [2.05, 4.69) is 43.1 Å².